The maximum Gasteiger partial charge on any atom is 0.319 e. The second-order valence-electron chi connectivity index (χ2n) is 19.0. The normalized spacial score (nSPS) is 24.3. The molecule has 2 N–H and O–H groups in total. The zero-order valence-electron chi connectivity index (χ0n) is 38.2. The monoisotopic (exact) mass is 934 g/mol. The van der Waals surface area contributed by atoms with Gasteiger partial charge in [0.05, 0.1) is 16.5 Å². The Morgan fingerprint density at radius 1 is 0.884 bits per heavy atom. The van der Waals surface area contributed by atoms with E-state index >= 15 is 4.39 Å². The van der Waals surface area contributed by atoms with Crippen LogP contribution in [0.5, 0.6) is 11.8 Å². The van der Waals surface area contributed by atoms with Crippen LogP contribution in [-0.2, 0) is 20.9 Å². The quantitative estimate of drug-likeness (QED) is 0.105. The summed E-state index contributed by atoms with van der Waals surface area (Å²) in [5.74, 6) is 0.259. The molecule has 5 fully saturated rings. The van der Waals surface area contributed by atoms with E-state index in [0.29, 0.717) is 66.2 Å². The summed E-state index contributed by atoms with van der Waals surface area (Å²) >= 11 is 0. The molecule has 6 aliphatic rings. The minimum atomic E-state index is -1.13. The van der Waals surface area contributed by atoms with Crippen molar-refractivity contribution in [2.24, 2.45) is 0 Å². The predicted octanol–water partition coefficient (Wildman–Crippen LogP) is 3.50. The first-order chi connectivity index (χ1) is 33.6. The van der Waals surface area contributed by atoms with Gasteiger partial charge in [-0.05, 0) is 56.7 Å². The third-order valence-corrected chi connectivity index (χ3v) is 15.0. The number of imide groups is 2. The smallest absolute Gasteiger partial charge is 0.319 e. The van der Waals surface area contributed by atoms with Gasteiger partial charge in [0.1, 0.15) is 35.4 Å². The first kappa shape index (κ1) is 44.6. The zero-order chi connectivity index (χ0) is 47.5. The number of hydrogen-bond donors (Lipinski definition) is 2. The summed E-state index contributed by atoms with van der Waals surface area (Å²) in [5.41, 5.74) is 2.15. The first-order valence-corrected chi connectivity index (χ1v) is 23.7. The molecule has 6 aliphatic heterocycles. The summed E-state index contributed by atoms with van der Waals surface area (Å²) in [6.07, 6.45) is 11.6. The third-order valence-electron chi connectivity index (χ3n) is 15.0. The number of likely N-dealkylation sites (N-methyl/N-ethyl adjacent to an activating group) is 1. The van der Waals surface area contributed by atoms with Crippen LogP contribution in [-0.4, -0.2) is 154 Å². The largest absolute Gasteiger partial charge is 0.462 e. The Morgan fingerprint density at radius 3 is 2.39 bits per heavy atom. The Labute approximate surface area is 397 Å². The molecule has 8 heterocycles. The van der Waals surface area contributed by atoms with Crippen LogP contribution in [0.4, 0.5) is 10.2 Å². The molecule has 0 aliphatic carbocycles. The average molecular weight is 935 g/mol. The van der Waals surface area contributed by atoms with Crippen molar-refractivity contribution in [3.05, 3.63) is 82.8 Å². The van der Waals surface area contributed by atoms with E-state index in [0.717, 1.165) is 74.1 Å². The van der Waals surface area contributed by atoms with Crippen LogP contribution >= 0.6 is 0 Å². The summed E-state index contributed by atoms with van der Waals surface area (Å²) in [6.45, 7) is 6.27. The van der Waals surface area contributed by atoms with Gasteiger partial charge in [0.25, 0.3) is 18.3 Å². The predicted molar refractivity (Wildman–Crippen MR) is 252 cm³/mol. The molecule has 69 heavy (non-hydrogen) atoms. The Morgan fingerprint density at radius 2 is 1.64 bits per heavy atom. The minimum absolute atomic E-state index is 0.00192. The standard InChI is InChI=1S/C51H51FN10O7/c1-3-29-6-4-7-30-8-5-9-36(41(29)30)44-43(52)45-38(22-53-44)47(61-24-32-11-12-33(25-61)54-32)57-51(56-45)68-27-35-14-13-34(58(35)2)26-60-20-18-59(19-21-60)23-31-10-15-37-42(46(31)69-28-63)50(67)62(49(37)66)39-16-17-40(64)55-48(39)65/h1,4-10,15,22,28,32-35,39,54H,11-14,16-21,23-27H2,2H3,(H,55,64,65)/t32?,33?,34-,35+,39?/m1/s1. The molecule has 2 aromatic heterocycles. The number of nitrogens with zero attached hydrogens (tertiary/aromatic N) is 8. The lowest BCUT2D eigenvalue weighted by Crippen LogP contribution is -2.54. The second-order valence-corrected chi connectivity index (χ2v) is 19.0. The van der Waals surface area contributed by atoms with Gasteiger partial charge in [0.15, 0.2) is 5.82 Å². The molecule has 3 aromatic carbocycles. The van der Waals surface area contributed by atoms with Crippen LogP contribution in [0.15, 0.2) is 54.7 Å². The van der Waals surface area contributed by atoms with Crippen molar-refractivity contribution in [3.8, 4) is 35.4 Å². The van der Waals surface area contributed by atoms with Gasteiger partial charge in [-0.15, -0.1) is 6.42 Å². The maximum atomic E-state index is 17.1. The minimum Gasteiger partial charge on any atom is -0.462 e. The summed E-state index contributed by atoms with van der Waals surface area (Å²) in [7, 11) is 2.12. The fourth-order valence-corrected chi connectivity index (χ4v) is 11.4. The van der Waals surface area contributed by atoms with Crippen molar-refractivity contribution < 1.29 is 37.8 Å². The van der Waals surface area contributed by atoms with Gasteiger partial charge >= 0.3 is 6.01 Å². The number of terminal acetylenes is 1. The summed E-state index contributed by atoms with van der Waals surface area (Å²) < 4.78 is 28.9. The molecule has 354 valence electrons. The van der Waals surface area contributed by atoms with E-state index in [2.05, 4.69) is 43.2 Å². The number of piperazine rings is 2. The van der Waals surface area contributed by atoms with Crippen LogP contribution < -0.4 is 25.0 Å². The number of pyridine rings is 1. The van der Waals surface area contributed by atoms with Gasteiger partial charge in [-0.3, -0.25) is 53.9 Å². The highest BCUT2D eigenvalue weighted by Gasteiger charge is 2.47. The van der Waals surface area contributed by atoms with Crippen LogP contribution in [0, 0.1) is 18.2 Å². The Bertz CT molecular complexity index is 2970. The van der Waals surface area contributed by atoms with E-state index in [9.17, 15) is 24.0 Å². The second kappa shape index (κ2) is 18.2. The summed E-state index contributed by atoms with van der Waals surface area (Å²) in [6, 6.07) is 14.6. The molecule has 4 amide bonds. The number of halogens is 1. The number of benzene rings is 3. The number of carbonyl (C=O) groups is 5. The lowest BCUT2D eigenvalue weighted by Gasteiger charge is -2.37. The number of ether oxygens (including phenoxy) is 2. The highest BCUT2D eigenvalue weighted by atomic mass is 19.1. The van der Waals surface area contributed by atoms with Gasteiger partial charge in [0.2, 0.25) is 11.8 Å². The van der Waals surface area contributed by atoms with Crippen molar-refractivity contribution in [1.82, 2.24) is 45.2 Å². The molecule has 2 bridgehead atoms. The number of rotatable bonds is 12. The molecular weight excluding hydrogens is 884 g/mol. The molecule has 18 heteroatoms. The number of aromatic nitrogens is 3. The number of amides is 4. The number of hydrogen-bond acceptors (Lipinski definition) is 15. The van der Waals surface area contributed by atoms with E-state index in [1.165, 1.54) is 6.07 Å². The molecule has 5 saturated heterocycles. The fourth-order valence-electron chi connectivity index (χ4n) is 11.4. The lowest BCUT2D eigenvalue weighted by molar-refractivity contribution is -0.136. The summed E-state index contributed by atoms with van der Waals surface area (Å²) in [4.78, 5) is 87.7. The third kappa shape index (κ3) is 8.12. The average Bonchev–Trinajstić information content (AvgIpc) is 3.97. The van der Waals surface area contributed by atoms with E-state index < -0.39 is 35.5 Å². The zero-order valence-corrected chi connectivity index (χ0v) is 38.2. The van der Waals surface area contributed by atoms with Crippen molar-refractivity contribution in [3.63, 3.8) is 0 Å². The van der Waals surface area contributed by atoms with Crippen LogP contribution in [0.25, 0.3) is 32.9 Å². The molecule has 0 radical (unpaired) electrons. The fraction of sp³-hybridized carbons (Fsp3) is 0.412. The van der Waals surface area contributed by atoms with Crippen molar-refractivity contribution in [2.75, 3.05) is 64.4 Å². The van der Waals surface area contributed by atoms with Crippen LogP contribution in [0.3, 0.4) is 0 Å². The molecule has 5 aromatic rings. The van der Waals surface area contributed by atoms with Crippen molar-refractivity contribution >= 4 is 57.6 Å². The van der Waals surface area contributed by atoms with E-state index in [1.54, 1.807) is 12.3 Å². The maximum absolute atomic E-state index is 17.1. The van der Waals surface area contributed by atoms with E-state index in [1.807, 2.05) is 36.4 Å². The highest BCUT2D eigenvalue weighted by molar-refractivity contribution is 6.24. The van der Waals surface area contributed by atoms with Gasteiger partial charge < -0.3 is 19.7 Å². The van der Waals surface area contributed by atoms with Crippen molar-refractivity contribution in [1.29, 1.82) is 0 Å². The number of fused-ring (bicyclic) bond motifs is 5. The lowest BCUT2D eigenvalue weighted by atomic mass is 9.97. The number of carbonyl (C=O) groups excluding carboxylic acids is 5. The number of anilines is 1. The van der Waals surface area contributed by atoms with Crippen LogP contribution in [0.1, 0.15) is 70.4 Å². The van der Waals surface area contributed by atoms with Gasteiger partial charge in [-0.1, -0.05) is 42.3 Å². The SMILES string of the molecule is C#Cc1cccc2cccc(-c3ncc4c(N5CC6CCC(C5)N6)nc(OC[C@@H]5CC[C@H](CN6CCN(Cc7ccc8c(c7OC=O)C(=O)N(C7CCC(=O)NC7=O)C8=O)CC6)N5C)nc4c3F)c12. The topological polar surface area (TPSA) is 183 Å². The Hall–Kier alpha value is -6.91. The molecule has 11 rings (SSSR count). The Balaban J connectivity index is 0.757. The number of piperidine rings is 1. The molecule has 0 spiro atoms. The van der Waals surface area contributed by atoms with E-state index in [-0.39, 0.29) is 65.5 Å². The first-order valence-electron chi connectivity index (χ1n) is 23.7. The van der Waals surface area contributed by atoms with Gasteiger partial charge in [0, 0.05) is 111 Å². The Kier molecular flexibility index (Phi) is 11.8. The van der Waals surface area contributed by atoms with Crippen molar-refractivity contribution in [2.45, 2.75) is 75.3 Å². The number of likely N-dealkylation sites (tertiary alicyclic amines) is 1. The van der Waals surface area contributed by atoms with Crippen LogP contribution in [0.2, 0.25) is 0 Å². The van der Waals surface area contributed by atoms with Gasteiger partial charge in [-0.2, -0.15) is 9.97 Å². The van der Waals surface area contributed by atoms with E-state index in [4.69, 9.17) is 30.8 Å². The molecule has 3 unspecified atom stereocenters. The molecule has 0 saturated carbocycles. The molecule has 5 atom stereocenters. The number of nitrogens with one attached hydrogen (secondary N) is 2. The molecule has 17 nitrogen and oxygen atoms in total. The van der Waals surface area contributed by atoms with Gasteiger partial charge in [-0.25, -0.2) is 4.39 Å². The molecular formula is C51H51FN10O7. The summed E-state index contributed by atoms with van der Waals surface area (Å²) in [5, 5.41) is 8.06. The highest BCUT2D eigenvalue weighted by Crippen LogP contribution is 2.39.